The van der Waals surface area contributed by atoms with Gasteiger partial charge in [-0.15, -0.1) is 0 Å². The lowest BCUT2D eigenvalue weighted by Gasteiger charge is -2.08. The van der Waals surface area contributed by atoms with Crippen molar-refractivity contribution in [1.82, 2.24) is 0 Å². The summed E-state index contributed by atoms with van der Waals surface area (Å²) in [5, 5.41) is 0.00625. The van der Waals surface area contributed by atoms with E-state index in [2.05, 4.69) is 4.74 Å². The Labute approximate surface area is 91.7 Å². The fourth-order valence-corrected chi connectivity index (χ4v) is 1.30. The second kappa shape index (κ2) is 4.98. The molecule has 3 nitrogen and oxygen atoms in total. The number of hydrogen-bond acceptors (Lipinski definition) is 3. The molecule has 1 rings (SSSR count). The third-order valence-electron chi connectivity index (χ3n) is 1.76. The second-order valence-corrected chi connectivity index (χ2v) is 3.07. The van der Waals surface area contributed by atoms with Crippen molar-refractivity contribution < 1.29 is 18.7 Å². The maximum atomic E-state index is 13.6. The van der Waals surface area contributed by atoms with Crippen LogP contribution >= 0.6 is 11.6 Å². The number of esters is 1. The van der Waals surface area contributed by atoms with E-state index in [-0.39, 0.29) is 22.9 Å². The van der Waals surface area contributed by atoms with Crippen LogP contribution < -0.4 is 4.74 Å². The van der Waals surface area contributed by atoms with Gasteiger partial charge in [0.15, 0.2) is 11.6 Å². The summed E-state index contributed by atoms with van der Waals surface area (Å²) in [6.07, 6.45) is 0. The minimum atomic E-state index is -0.802. The number of ether oxygens (including phenoxy) is 2. The molecule has 0 bridgehead atoms. The van der Waals surface area contributed by atoms with E-state index in [4.69, 9.17) is 16.3 Å². The van der Waals surface area contributed by atoms with Crippen LogP contribution in [0.1, 0.15) is 17.3 Å². The van der Waals surface area contributed by atoms with Crippen LogP contribution in [0.15, 0.2) is 12.1 Å². The van der Waals surface area contributed by atoms with Crippen molar-refractivity contribution in [2.45, 2.75) is 6.92 Å². The molecule has 0 unspecified atom stereocenters. The number of rotatable bonds is 3. The summed E-state index contributed by atoms with van der Waals surface area (Å²) >= 11 is 5.69. The summed E-state index contributed by atoms with van der Waals surface area (Å²) in [7, 11) is 1.31. The van der Waals surface area contributed by atoms with Gasteiger partial charge in [0, 0.05) is 0 Å². The second-order valence-electron chi connectivity index (χ2n) is 2.66. The molecule has 0 aliphatic heterocycles. The lowest BCUT2D eigenvalue weighted by Crippen LogP contribution is -2.09. The molecule has 0 N–H and O–H groups in total. The highest BCUT2D eigenvalue weighted by atomic mass is 35.5. The molecule has 0 amide bonds. The molecule has 0 radical (unpaired) electrons. The Morgan fingerprint density at radius 3 is 2.73 bits per heavy atom. The number of carbonyl (C=O) groups excluding carboxylic acids is 1. The zero-order valence-corrected chi connectivity index (χ0v) is 9.10. The Morgan fingerprint density at radius 1 is 1.53 bits per heavy atom. The van der Waals surface area contributed by atoms with Crippen LogP contribution in [0.4, 0.5) is 4.39 Å². The Morgan fingerprint density at radius 2 is 2.20 bits per heavy atom. The predicted molar refractivity (Wildman–Crippen MR) is 53.9 cm³/mol. The molecule has 0 heterocycles. The van der Waals surface area contributed by atoms with Crippen LogP contribution in [0.5, 0.6) is 5.75 Å². The molecule has 0 aliphatic rings. The Bertz CT molecular complexity index is 379. The fraction of sp³-hybridized carbons (Fsp3) is 0.300. The van der Waals surface area contributed by atoms with E-state index in [0.717, 1.165) is 0 Å². The molecular formula is C10H10ClFO3. The van der Waals surface area contributed by atoms with Crippen LogP contribution in [0.25, 0.3) is 0 Å². The quantitative estimate of drug-likeness (QED) is 0.752. The first kappa shape index (κ1) is 11.8. The minimum absolute atomic E-state index is 0.00625. The molecule has 82 valence electrons. The number of hydrogen-bond donors (Lipinski definition) is 0. The number of halogens is 2. The number of benzene rings is 1. The SMILES string of the molecule is CCOC(=O)c1c(Cl)ccc(OC)c1F. The monoisotopic (exact) mass is 232 g/mol. The highest BCUT2D eigenvalue weighted by molar-refractivity contribution is 6.33. The van der Waals surface area contributed by atoms with Crippen molar-refractivity contribution in [3.63, 3.8) is 0 Å². The fourth-order valence-electron chi connectivity index (χ4n) is 1.08. The Kier molecular flexibility index (Phi) is 3.91. The van der Waals surface area contributed by atoms with Crippen molar-refractivity contribution in [3.8, 4) is 5.75 Å². The van der Waals surface area contributed by atoms with Gasteiger partial charge in [-0.05, 0) is 19.1 Å². The average molecular weight is 233 g/mol. The molecule has 0 saturated carbocycles. The van der Waals surface area contributed by atoms with Crippen molar-refractivity contribution in [2.24, 2.45) is 0 Å². The third-order valence-corrected chi connectivity index (χ3v) is 2.07. The molecule has 1 aromatic rings. The molecule has 5 heteroatoms. The molecule has 0 fully saturated rings. The van der Waals surface area contributed by atoms with Crippen LogP contribution in [0, 0.1) is 5.82 Å². The van der Waals surface area contributed by atoms with Gasteiger partial charge in [0.05, 0.1) is 18.7 Å². The lowest BCUT2D eigenvalue weighted by molar-refractivity contribution is 0.0520. The smallest absolute Gasteiger partial charge is 0.342 e. The first-order chi connectivity index (χ1) is 7.11. The van der Waals surface area contributed by atoms with E-state index in [9.17, 15) is 9.18 Å². The third kappa shape index (κ3) is 2.39. The van der Waals surface area contributed by atoms with Gasteiger partial charge in [-0.25, -0.2) is 9.18 Å². The van der Waals surface area contributed by atoms with Gasteiger partial charge in [-0.2, -0.15) is 0 Å². The van der Waals surface area contributed by atoms with E-state index < -0.39 is 11.8 Å². The van der Waals surface area contributed by atoms with Gasteiger partial charge in [-0.1, -0.05) is 11.6 Å². The standard InChI is InChI=1S/C10H10ClFO3/c1-3-15-10(13)8-6(11)4-5-7(14-2)9(8)12/h4-5H,3H2,1-2H3. The molecule has 0 aromatic heterocycles. The van der Waals surface area contributed by atoms with Gasteiger partial charge in [0.2, 0.25) is 0 Å². The summed E-state index contributed by atoms with van der Waals surface area (Å²) in [5.41, 5.74) is -0.294. The van der Waals surface area contributed by atoms with Crippen molar-refractivity contribution in [1.29, 1.82) is 0 Å². The molecule has 0 saturated heterocycles. The largest absolute Gasteiger partial charge is 0.494 e. The summed E-state index contributed by atoms with van der Waals surface area (Å²) in [6.45, 7) is 1.79. The van der Waals surface area contributed by atoms with Crippen LogP contribution in [0.2, 0.25) is 5.02 Å². The normalized spacial score (nSPS) is 9.87. The first-order valence-corrected chi connectivity index (χ1v) is 4.68. The summed E-state index contributed by atoms with van der Waals surface area (Å²) < 4.78 is 23.0. The zero-order chi connectivity index (χ0) is 11.4. The van der Waals surface area contributed by atoms with Crippen molar-refractivity contribution in [2.75, 3.05) is 13.7 Å². The van der Waals surface area contributed by atoms with E-state index in [0.29, 0.717) is 0 Å². The van der Waals surface area contributed by atoms with Crippen LogP contribution in [-0.4, -0.2) is 19.7 Å². The number of methoxy groups -OCH3 is 1. The van der Waals surface area contributed by atoms with Gasteiger partial charge < -0.3 is 9.47 Å². The molecule has 0 atom stereocenters. The van der Waals surface area contributed by atoms with Gasteiger partial charge in [0.25, 0.3) is 0 Å². The topological polar surface area (TPSA) is 35.5 Å². The maximum absolute atomic E-state index is 13.6. The maximum Gasteiger partial charge on any atom is 0.342 e. The van der Waals surface area contributed by atoms with E-state index in [1.54, 1.807) is 6.92 Å². The average Bonchev–Trinajstić information content (AvgIpc) is 2.18. The molecule has 1 aromatic carbocycles. The molecule has 0 spiro atoms. The summed E-state index contributed by atoms with van der Waals surface area (Å²) in [4.78, 5) is 11.4. The lowest BCUT2D eigenvalue weighted by atomic mass is 10.2. The van der Waals surface area contributed by atoms with E-state index in [1.807, 2.05) is 0 Å². The number of carbonyl (C=O) groups is 1. The Hall–Kier alpha value is -1.29. The first-order valence-electron chi connectivity index (χ1n) is 4.31. The minimum Gasteiger partial charge on any atom is -0.494 e. The van der Waals surface area contributed by atoms with Gasteiger partial charge in [0.1, 0.15) is 5.56 Å². The van der Waals surface area contributed by atoms with Gasteiger partial charge in [-0.3, -0.25) is 0 Å². The highest BCUT2D eigenvalue weighted by Gasteiger charge is 2.20. The van der Waals surface area contributed by atoms with E-state index in [1.165, 1.54) is 19.2 Å². The Balaban J connectivity index is 3.20. The molecule has 0 aliphatic carbocycles. The van der Waals surface area contributed by atoms with Crippen LogP contribution in [-0.2, 0) is 4.74 Å². The zero-order valence-electron chi connectivity index (χ0n) is 8.34. The summed E-state index contributed by atoms with van der Waals surface area (Å²) in [5.74, 6) is -1.63. The summed E-state index contributed by atoms with van der Waals surface area (Å²) in [6, 6.07) is 2.73. The van der Waals surface area contributed by atoms with Crippen molar-refractivity contribution in [3.05, 3.63) is 28.5 Å². The van der Waals surface area contributed by atoms with E-state index >= 15 is 0 Å². The van der Waals surface area contributed by atoms with Crippen molar-refractivity contribution >= 4 is 17.6 Å². The van der Waals surface area contributed by atoms with Gasteiger partial charge >= 0.3 is 5.97 Å². The highest BCUT2D eigenvalue weighted by Crippen LogP contribution is 2.27. The predicted octanol–water partition coefficient (Wildman–Crippen LogP) is 2.66. The molecule has 15 heavy (non-hydrogen) atoms. The van der Waals surface area contributed by atoms with Crippen LogP contribution in [0.3, 0.4) is 0 Å². The molecular weight excluding hydrogens is 223 g/mol.